The van der Waals surface area contributed by atoms with Crippen LogP contribution in [0.5, 0.6) is 0 Å². The van der Waals surface area contributed by atoms with E-state index in [-0.39, 0.29) is 5.04 Å². The van der Waals surface area contributed by atoms with Gasteiger partial charge in [-0.25, -0.2) is 4.79 Å². The number of carbonyl (C=O) groups is 1. The molecule has 1 atom stereocenters. The highest BCUT2D eigenvalue weighted by Crippen LogP contribution is 2.43. The Labute approximate surface area is 232 Å². The van der Waals surface area contributed by atoms with Crippen molar-refractivity contribution in [2.45, 2.75) is 58.6 Å². The van der Waals surface area contributed by atoms with E-state index in [1.165, 1.54) is 20.6 Å². The molecule has 0 unspecified atom stereocenters. The first-order valence-corrected chi connectivity index (χ1v) is 15.6. The number of rotatable bonds is 6. The van der Waals surface area contributed by atoms with Crippen LogP contribution < -0.4 is 10.4 Å². The van der Waals surface area contributed by atoms with Crippen molar-refractivity contribution in [3.05, 3.63) is 96.2 Å². The average Bonchev–Trinajstić information content (AvgIpc) is 3.47. The normalized spacial score (nSPS) is 17.0. The van der Waals surface area contributed by atoms with Gasteiger partial charge >= 0.3 is 6.09 Å². The molecule has 202 valence electrons. The maximum absolute atomic E-state index is 12.5. The molecule has 1 heterocycles. The number of ether oxygens (including phenoxy) is 1. The van der Waals surface area contributed by atoms with Gasteiger partial charge in [-0.1, -0.05) is 99.2 Å². The fourth-order valence-corrected chi connectivity index (χ4v) is 9.97. The first-order valence-electron chi connectivity index (χ1n) is 13.6. The van der Waals surface area contributed by atoms with Crippen LogP contribution >= 0.6 is 0 Å². The Hall–Kier alpha value is -3.48. The largest absolute Gasteiger partial charge is 0.442 e. The molecular weight excluding hydrogens is 500 g/mol. The third-order valence-corrected chi connectivity index (χ3v) is 12.3. The second-order valence-corrected chi connectivity index (χ2v) is 16.8. The minimum atomic E-state index is -2.54. The van der Waals surface area contributed by atoms with E-state index >= 15 is 0 Å². The van der Waals surface area contributed by atoms with Gasteiger partial charge in [0.25, 0.3) is 8.32 Å². The van der Waals surface area contributed by atoms with E-state index in [1.54, 1.807) is 6.20 Å². The quantitative estimate of drug-likeness (QED) is 0.253. The topological polar surface area (TPSA) is 53.4 Å². The molecule has 1 aliphatic rings. The van der Waals surface area contributed by atoms with E-state index in [9.17, 15) is 4.79 Å². The molecule has 4 aromatic rings. The molecule has 0 aliphatic heterocycles. The Morgan fingerprint density at radius 1 is 0.949 bits per heavy atom. The lowest BCUT2D eigenvalue weighted by Crippen LogP contribution is -2.66. The summed E-state index contributed by atoms with van der Waals surface area (Å²) in [5, 5.41) is 7.77. The minimum absolute atomic E-state index is 0.0339. The molecule has 1 saturated carbocycles. The third-order valence-electron chi connectivity index (χ3n) is 7.27. The lowest BCUT2D eigenvalue weighted by atomic mass is 10.1. The molecule has 5 rings (SSSR count). The number of fused-ring (bicyclic) bond motifs is 1. The summed E-state index contributed by atoms with van der Waals surface area (Å²) in [5.74, 6) is 0.409. The maximum Gasteiger partial charge on any atom is 0.435 e. The van der Waals surface area contributed by atoms with Crippen LogP contribution in [-0.4, -0.2) is 36.4 Å². The van der Waals surface area contributed by atoms with Crippen LogP contribution in [0.3, 0.4) is 0 Å². The second kappa shape index (κ2) is 10.2. The zero-order valence-electron chi connectivity index (χ0n) is 23.8. The van der Waals surface area contributed by atoms with Crippen LogP contribution in [-0.2, 0) is 9.16 Å². The molecule has 0 spiro atoms. The lowest BCUT2D eigenvalue weighted by Gasteiger charge is -2.43. The van der Waals surface area contributed by atoms with Gasteiger partial charge in [-0.3, -0.25) is 0 Å². The molecule has 0 amide bonds. The van der Waals surface area contributed by atoms with Crippen molar-refractivity contribution >= 4 is 41.8 Å². The second-order valence-electron chi connectivity index (χ2n) is 12.4. The molecule has 1 aromatic heterocycles. The summed E-state index contributed by atoms with van der Waals surface area (Å²) in [6, 6.07) is 27.6. The van der Waals surface area contributed by atoms with Crippen molar-refractivity contribution in [1.82, 2.24) is 9.78 Å². The van der Waals surface area contributed by atoms with E-state index in [4.69, 9.17) is 9.16 Å². The van der Waals surface area contributed by atoms with Crippen molar-refractivity contribution < 1.29 is 14.0 Å². The summed E-state index contributed by atoms with van der Waals surface area (Å²) < 4.78 is 13.9. The van der Waals surface area contributed by atoms with Crippen molar-refractivity contribution in [1.29, 1.82) is 0 Å². The smallest absolute Gasteiger partial charge is 0.435 e. The summed E-state index contributed by atoms with van der Waals surface area (Å²) in [6.45, 7) is 13.2. The molecule has 0 N–H and O–H groups in total. The monoisotopic (exact) mass is 538 g/mol. The van der Waals surface area contributed by atoms with Crippen LogP contribution in [0.15, 0.2) is 90.6 Å². The maximum atomic E-state index is 12.5. The summed E-state index contributed by atoms with van der Waals surface area (Å²) >= 11 is 0. The Bertz CT molecular complexity index is 1460. The fraction of sp³-hybridized carbons (Fsp3) is 0.333. The molecule has 39 heavy (non-hydrogen) atoms. The van der Waals surface area contributed by atoms with Gasteiger partial charge in [0, 0.05) is 17.9 Å². The highest BCUT2D eigenvalue weighted by Gasteiger charge is 2.51. The van der Waals surface area contributed by atoms with Gasteiger partial charge < -0.3 is 9.16 Å². The summed E-state index contributed by atoms with van der Waals surface area (Å²) in [6.07, 6.45) is 4.54. The molecule has 1 aliphatic carbocycles. The number of aromatic nitrogens is 2. The number of benzene rings is 3. The molecule has 0 radical (unpaired) electrons. The summed E-state index contributed by atoms with van der Waals surface area (Å²) in [4.78, 5) is 12.5. The third kappa shape index (κ3) is 5.63. The van der Waals surface area contributed by atoms with Crippen molar-refractivity contribution in [2.24, 2.45) is 5.92 Å². The number of nitrogens with zero attached hydrogens (tertiary/aromatic N) is 2. The standard InChI is InChI=1S/C33H38N2O3Si/c1-32(2,3)38-31(36)35-30-18-17-24(20-26(30)22-34-35)19-25-21-27(25)23-37-39(33(4,5)6,28-13-9-7-10-14-28)29-15-11-8-12-16-29/h7-20,22,27H,21,23H2,1-6H3/b25-19+/t27-/m0/s1. The van der Waals surface area contributed by atoms with Crippen molar-refractivity contribution in [3.63, 3.8) is 0 Å². The molecule has 3 aromatic carbocycles. The van der Waals surface area contributed by atoms with Crippen LogP contribution in [0, 0.1) is 5.92 Å². The van der Waals surface area contributed by atoms with Gasteiger partial charge in [-0.2, -0.15) is 9.78 Å². The molecule has 5 nitrogen and oxygen atoms in total. The van der Waals surface area contributed by atoms with Crippen LogP contribution in [0.4, 0.5) is 4.79 Å². The van der Waals surface area contributed by atoms with E-state index in [0.29, 0.717) is 12.5 Å². The molecule has 0 saturated heterocycles. The van der Waals surface area contributed by atoms with Crippen LogP contribution in [0.25, 0.3) is 17.0 Å². The number of hydrogen-bond acceptors (Lipinski definition) is 4. The lowest BCUT2D eigenvalue weighted by molar-refractivity contribution is 0.0522. The Balaban J connectivity index is 1.36. The number of carbonyl (C=O) groups excluding carboxylic acids is 1. The van der Waals surface area contributed by atoms with Gasteiger partial charge in [0.2, 0.25) is 0 Å². The Morgan fingerprint density at radius 2 is 1.56 bits per heavy atom. The number of hydrogen-bond donors (Lipinski definition) is 0. The SMILES string of the molecule is CC(C)(C)OC(=O)n1ncc2cc(/C=C3\C[C@H]3CO[Si](c3ccccc3)(c3ccccc3)C(C)(C)C)ccc21. The molecule has 6 heteroatoms. The van der Waals surface area contributed by atoms with Crippen LogP contribution in [0.1, 0.15) is 53.5 Å². The van der Waals surface area contributed by atoms with Gasteiger partial charge in [-0.05, 0) is 60.3 Å². The van der Waals surface area contributed by atoms with E-state index in [0.717, 1.165) is 22.9 Å². The molecule has 1 fully saturated rings. The first-order chi connectivity index (χ1) is 18.5. The van der Waals surface area contributed by atoms with Gasteiger partial charge in [0.15, 0.2) is 0 Å². The van der Waals surface area contributed by atoms with E-state index < -0.39 is 20.0 Å². The van der Waals surface area contributed by atoms with Crippen molar-refractivity contribution in [2.75, 3.05) is 6.61 Å². The summed E-state index contributed by atoms with van der Waals surface area (Å²) in [5.41, 5.74) is 2.67. The summed E-state index contributed by atoms with van der Waals surface area (Å²) in [7, 11) is -2.54. The van der Waals surface area contributed by atoms with Crippen molar-refractivity contribution in [3.8, 4) is 0 Å². The highest BCUT2D eigenvalue weighted by molar-refractivity contribution is 6.99. The molecule has 0 bridgehead atoms. The first kappa shape index (κ1) is 27.1. The highest BCUT2D eigenvalue weighted by atomic mass is 28.4. The zero-order valence-corrected chi connectivity index (χ0v) is 24.8. The van der Waals surface area contributed by atoms with E-state index in [1.807, 2.05) is 32.9 Å². The average molecular weight is 539 g/mol. The zero-order chi connectivity index (χ0) is 27.8. The fourth-order valence-electron chi connectivity index (χ4n) is 5.36. The predicted octanol–water partition coefficient (Wildman–Crippen LogP) is 6.80. The minimum Gasteiger partial charge on any atom is -0.442 e. The predicted molar refractivity (Wildman–Crippen MR) is 161 cm³/mol. The van der Waals surface area contributed by atoms with Gasteiger partial charge in [-0.15, -0.1) is 0 Å². The van der Waals surface area contributed by atoms with Gasteiger partial charge in [0.05, 0.1) is 11.7 Å². The Kier molecular flexibility index (Phi) is 7.12. The van der Waals surface area contributed by atoms with Gasteiger partial charge in [0.1, 0.15) is 5.60 Å². The van der Waals surface area contributed by atoms with E-state index in [2.05, 4.69) is 98.7 Å². The molecular formula is C33H38N2O3Si. The Morgan fingerprint density at radius 3 is 2.13 bits per heavy atom. The van der Waals surface area contributed by atoms with Crippen LogP contribution in [0.2, 0.25) is 5.04 Å².